The molecule has 0 heterocycles. The van der Waals surface area contributed by atoms with Crippen LogP contribution in [0.4, 0.5) is 0 Å². The summed E-state index contributed by atoms with van der Waals surface area (Å²) in [4.78, 5) is 21.9. The zero-order valence-electron chi connectivity index (χ0n) is 17.4. The Morgan fingerprint density at radius 2 is 1.62 bits per heavy atom. The number of ether oxygens (including phenoxy) is 1. The van der Waals surface area contributed by atoms with Crippen molar-refractivity contribution in [3.8, 4) is 0 Å². The molecule has 3 N–H and O–H groups in total. The summed E-state index contributed by atoms with van der Waals surface area (Å²) in [5.74, 6) is 0.631. The van der Waals surface area contributed by atoms with Crippen molar-refractivity contribution in [1.29, 1.82) is 0 Å². The van der Waals surface area contributed by atoms with Crippen LogP contribution in [0.3, 0.4) is 0 Å². The van der Waals surface area contributed by atoms with Gasteiger partial charge in [-0.25, -0.2) is 0 Å². The second-order valence-corrected chi connectivity index (χ2v) is 8.26. The largest absolute Gasteiger partial charge is 0.397 e. The standard InChI is InChI=1S/C10H19NO2.C9H16O.C2H6O.H2/c11-10(12)7-4-8-13-9-5-2-1-3-6-9;1-9(2,3)8(10)7-5-4-6-7;1-2-3;/h9H,1-8H2,(H2,11,12);7H,4-6H2,1-3H3;3H,2H2,1H3;1H. The number of aliphatic hydroxyl groups is 1. The molecule has 0 atom stereocenters. The number of carbonyl (C=O) groups excluding carboxylic acids is 2. The Kier molecular flexibility index (Phi) is 13.6. The van der Waals surface area contributed by atoms with Gasteiger partial charge in [0.15, 0.2) is 0 Å². The average Bonchev–Trinajstić information content (AvgIpc) is 2.51. The molecule has 5 nitrogen and oxygen atoms in total. The number of aliphatic hydroxyl groups excluding tert-OH is 1. The Labute approximate surface area is 161 Å². The number of amides is 1. The third kappa shape index (κ3) is 12.4. The molecule has 0 spiro atoms. The molecule has 0 aromatic carbocycles. The van der Waals surface area contributed by atoms with Crippen molar-refractivity contribution in [2.45, 2.75) is 98.0 Å². The molecule has 1 amide bonds. The third-order valence-corrected chi connectivity index (χ3v) is 4.69. The van der Waals surface area contributed by atoms with Gasteiger partial charge in [0, 0.05) is 32.4 Å². The number of ketones is 1. The molecule has 0 bridgehead atoms. The van der Waals surface area contributed by atoms with Crippen LogP contribution in [-0.2, 0) is 14.3 Å². The highest BCUT2D eigenvalue weighted by Gasteiger charge is 2.32. The van der Waals surface area contributed by atoms with Crippen molar-refractivity contribution in [3.63, 3.8) is 0 Å². The highest BCUT2D eigenvalue weighted by Crippen LogP contribution is 2.33. The Bertz CT molecular complexity index is 386. The number of hydrogen-bond donors (Lipinski definition) is 2. The predicted molar refractivity (Wildman–Crippen MR) is 108 cm³/mol. The van der Waals surface area contributed by atoms with Crippen LogP contribution in [0, 0.1) is 11.3 Å². The van der Waals surface area contributed by atoms with Crippen LogP contribution in [0.2, 0.25) is 0 Å². The van der Waals surface area contributed by atoms with Gasteiger partial charge in [-0.2, -0.15) is 0 Å². The number of rotatable bonds is 6. The van der Waals surface area contributed by atoms with E-state index in [1.807, 2.05) is 20.8 Å². The van der Waals surface area contributed by atoms with Crippen LogP contribution in [0.25, 0.3) is 0 Å². The van der Waals surface area contributed by atoms with E-state index in [0.29, 0.717) is 30.8 Å². The average molecular weight is 374 g/mol. The summed E-state index contributed by atoms with van der Waals surface area (Å²) < 4.78 is 5.63. The van der Waals surface area contributed by atoms with Crippen LogP contribution < -0.4 is 5.73 Å². The fourth-order valence-electron chi connectivity index (χ4n) is 3.01. The molecule has 2 aliphatic rings. The minimum Gasteiger partial charge on any atom is -0.397 e. The molecular weight excluding hydrogens is 330 g/mol. The summed E-state index contributed by atoms with van der Waals surface area (Å²) >= 11 is 0. The molecule has 0 aromatic heterocycles. The van der Waals surface area contributed by atoms with Gasteiger partial charge in [0.25, 0.3) is 0 Å². The van der Waals surface area contributed by atoms with Crippen LogP contribution >= 0.6 is 0 Å². The van der Waals surface area contributed by atoms with Crippen LogP contribution in [-0.4, -0.2) is 36.1 Å². The van der Waals surface area contributed by atoms with Gasteiger partial charge in [-0.05, 0) is 39.0 Å². The molecule has 0 saturated heterocycles. The SMILES string of the molecule is CC(C)(C)C(=O)C1CCC1.CCO.NC(=O)CCCOC1CCCCC1.[HH]. The Hall–Kier alpha value is -0.940. The fraction of sp³-hybridized carbons (Fsp3) is 0.905. The summed E-state index contributed by atoms with van der Waals surface area (Å²) in [5, 5.41) is 7.57. The lowest BCUT2D eigenvalue weighted by Gasteiger charge is -2.30. The quantitative estimate of drug-likeness (QED) is 0.681. The predicted octanol–water partition coefficient (Wildman–Crippen LogP) is 4.25. The van der Waals surface area contributed by atoms with Gasteiger partial charge in [-0.15, -0.1) is 0 Å². The lowest BCUT2D eigenvalue weighted by atomic mass is 9.73. The monoisotopic (exact) mass is 373 g/mol. The first-order valence-electron chi connectivity index (χ1n) is 10.3. The van der Waals surface area contributed by atoms with Crippen molar-refractivity contribution in [2.75, 3.05) is 13.2 Å². The normalized spacial score (nSPS) is 17.9. The van der Waals surface area contributed by atoms with Gasteiger partial charge in [0.05, 0.1) is 6.10 Å². The topological polar surface area (TPSA) is 89.6 Å². The lowest BCUT2D eigenvalue weighted by Crippen LogP contribution is -2.32. The first-order valence-corrected chi connectivity index (χ1v) is 10.3. The molecule has 0 unspecified atom stereocenters. The van der Waals surface area contributed by atoms with Gasteiger partial charge in [-0.3, -0.25) is 9.59 Å². The molecule has 2 fully saturated rings. The lowest BCUT2D eigenvalue weighted by molar-refractivity contribution is -0.132. The molecule has 0 aromatic rings. The number of carbonyl (C=O) groups is 2. The molecule has 156 valence electrons. The van der Waals surface area contributed by atoms with Gasteiger partial charge >= 0.3 is 0 Å². The van der Waals surface area contributed by atoms with E-state index in [-0.39, 0.29) is 19.4 Å². The molecule has 5 heteroatoms. The number of nitrogens with two attached hydrogens (primary N) is 1. The van der Waals surface area contributed by atoms with Crippen LogP contribution in [0.5, 0.6) is 0 Å². The van der Waals surface area contributed by atoms with E-state index in [2.05, 4.69) is 0 Å². The van der Waals surface area contributed by atoms with E-state index in [0.717, 1.165) is 19.3 Å². The minimum atomic E-state index is -0.229. The maximum Gasteiger partial charge on any atom is 0.217 e. The second kappa shape index (κ2) is 14.2. The molecule has 2 saturated carbocycles. The molecule has 0 aliphatic heterocycles. The fourth-order valence-corrected chi connectivity index (χ4v) is 3.01. The number of hydrogen-bond acceptors (Lipinski definition) is 4. The van der Waals surface area contributed by atoms with Gasteiger partial charge < -0.3 is 15.6 Å². The maximum atomic E-state index is 11.4. The van der Waals surface area contributed by atoms with E-state index in [9.17, 15) is 9.59 Å². The highest BCUT2D eigenvalue weighted by molar-refractivity contribution is 5.86. The summed E-state index contributed by atoms with van der Waals surface area (Å²) in [6.07, 6.45) is 11.5. The molecule has 26 heavy (non-hydrogen) atoms. The third-order valence-electron chi connectivity index (χ3n) is 4.69. The van der Waals surface area contributed by atoms with E-state index in [1.54, 1.807) is 6.92 Å². The maximum absolute atomic E-state index is 11.4. The summed E-state index contributed by atoms with van der Waals surface area (Å²) in [6.45, 7) is 8.64. The first kappa shape index (κ1) is 25.1. The minimum absolute atomic E-state index is 0. The van der Waals surface area contributed by atoms with Gasteiger partial charge in [0.2, 0.25) is 5.91 Å². The van der Waals surface area contributed by atoms with Crippen molar-refractivity contribution in [3.05, 3.63) is 0 Å². The van der Waals surface area contributed by atoms with Crippen LogP contribution in [0.15, 0.2) is 0 Å². The molecule has 0 radical (unpaired) electrons. The Morgan fingerprint density at radius 1 is 1.08 bits per heavy atom. The summed E-state index contributed by atoms with van der Waals surface area (Å²) in [5.41, 5.74) is 4.91. The van der Waals surface area contributed by atoms with Crippen molar-refractivity contribution in [1.82, 2.24) is 0 Å². The van der Waals surface area contributed by atoms with Crippen molar-refractivity contribution in [2.24, 2.45) is 17.1 Å². The molecular formula is C21H43NO4. The van der Waals surface area contributed by atoms with Crippen molar-refractivity contribution >= 4 is 11.7 Å². The zero-order valence-corrected chi connectivity index (χ0v) is 17.4. The Morgan fingerprint density at radius 3 is 1.96 bits per heavy atom. The number of primary amides is 1. The highest BCUT2D eigenvalue weighted by atomic mass is 16.5. The van der Waals surface area contributed by atoms with Crippen molar-refractivity contribution < 1.29 is 20.9 Å². The van der Waals surface area contributed by atoms with Crippen LogP contribution in [0.1, 0.15) is 93.3 Å². The molecule has 2 rings (SSSR count). The van der Waals surface area contributed by atoms with Gasteiger partial charge in [-0.1, -0.05) is 46.5 Å². The zero-order chi connectivity index (χ0) is 20.0. The van der Waals surface area contributed by atoms with E-state index in [1.165, 1.54) is 38.5 Å². The Balaban J connectivity index is 0. The summed E-state index contributed by atoms with van der Waals surface area (Å²) in [7, 11) is 0. The smallest absolute Gasteiger partial charge is 0.217 e. The van der Waals surface area contributed by atoms with Gasteiger partial charge in [0.1, 0.15) is 5.78 Å². The first-order chi connectivity index (χ1) is 12.2. The molecule has 2 aliphatic carbocycles. The summed E-state index contributed by atoms with van der Waals surface area (Å²) in [6, 6.07) is 0. The van der Waals surface area contributed by atoms with E-state index < -0.39 is 0 Å². The van der Waals surface area contributed by atoms with E-state index >= 15 is 0 Å². The second-order valence-electron chi connectivity index (χ2n) is 8.26. The van der Waals surface area contributed by atoms with E-state index in [4.69, 9.17) is 15.6 Å². The number of Topliss-reactive ketones (excluding diaryl/α,β-unsaturated/α-hetero) is 1.